The van der Waals surface area contributed by atoms with Gasteiger partial charge in [-0.05, 0) is 63.1 Å². The molecular formula is C35H32N2O10S4. The molecule has 12 nitrogen and oxygen atoms in total. The van der Waals surface area contributed by atoms with Crippen LogP contribution in [0, 0.1) is 13.8 Å². The maximum atomic E-state index is 14.5. The minimum atomic E-state index is -1.67. The molecule has 0 saturated carbocycles. The number of ether oxygens (including phenoxy) is 4. The van der Waals surface area contributed by atoms with Crippen molar-refractivity contribution < 1.29 is 47.3 Å². The molecule has 16 heteroatoms. The molecule has 51 heavy (non-hydrogen) atoms. The van der Waals surface area contributed by atoms with E-state index in [1.54, 1.807) is 11.0 Å². The number of anilines is 1. The second kappa shape index (κ2) is 13.8. The molecule has 0 atom stereocenters. The van der Waals surface area contributed by atoms with Gasteiger partial charge in [-0.2, -0.15) is 0 Å². The number of aromatic nitrogens is 1. The standard InChI is InChI=1S/C35H32N2O10S4/c1-16-13-18-20(14-17(16)2)37(22(38)15-48-33-36-19-11-9-10-12-21(19)47-33)34(3,4)28-23(18)35(24(29(39)43-5)25(49-28)30(40)44-6)50-26(31(41)45-7)27(51-35)32(42)46-8/h9-14H,15H2,1-8H3. The largest absolute Gasteiger partial charge is 0.466 e. The van der Waals surface area contributed by atoms with Gasteiger partial charge in [0.25, 0.3) is 5.22 Å². The number of methoxy groups -OCH3 is 4. The Kier molecular flexibility index (Phi) is 9.91. The Morgan fingerprint density at radius 3 is 1.98 bits per heavy atom. The maximum absolute atomic E-state index is 14.5. The molecule has 0 bridgehead atoms. The van der Waals surface area contributed by atoms with Crippen LogP contribution in [0.2, 0.25) is 0 Å². The number of aryl methyl sites for hydroxylation is 2. The highest BCUT2D eigenvalue weighted by Gasteiger charge is 2.61. The molecule has 0 saturated heterocycles. The van der Waals surface area contributed by atoms with Crippen LogP contribution in [-0.4, -0.2) is 78.6 Å². The van der Waals surface area contributed by atoms with E-state index in [0.29, 0.717) is 38.1 Å². The third-order valence-electron chi connectivity index (χ3n) is 8.60. The molecule has 0 aliphatic carbocycles. The van der Waals surface area contributed by atoms with Crippen LogP contribution in [0.15, 0.2) is 71.2 Å². The molecule has 0 radical (unpaired) electrons. The van der Waals surface area contributed by atoms with Crippen molar-refractivity contribution in [1.29, 1.82) is 0 Å². The molecule has 1 amide bonds. The zero-order valence-corrected chi connectivity index (χ0v) is 32.0. The number of thioether (sulfide) groups is 4. The van der Waals surface area contributed by atoms with Gasteiger partial charge < -0.3 is 28.3 Å². The first-order valence-electron chi connectivity index (χ1n) is 15.3. The molecule has 0 N–H and O–H groups in total. The van der Waals surface area contributed by atoms with Gasteiger partial charge in [0.05, 0.1) is 51.0 Å². The monoisotopic (exact) mass is 768 g/mol. The quantitative estimate of drug-likeness (QED) is 0.153. The van der Waals surface area contributed by atoms with Crippen molar-refractivity contribution in [2.45, 2.75) is 42.5 Å². The van der Waals surface area contributed by atoms with Crippen molar-refractivity contribution in [3.63, 3.8) is 0 Å². The molecule has 0 fully saturated rings. The number of hydrogen-bond donors (Lipinski definition) is 0. The van der Waals surface area contributed by atoms with Gasteiger partial charge in [-0.3, -0.25) is 4.79 Å². The summed E-state index contributed by atoms with van der Waals surface area (Å²) >= 11 is 3.90. The van der Waals surface area contributed by atoms with Crippen molar-refractivity contribution in [2.24, 2.45) is 0 Å². The van der Waals surface area contributed by atoms with E-state index in [-0.39, 0.29) is 31.9 Å². The molecule has 3 aliphatic rings. The van der Waals surface area contributed by atoms with E-state index in [1.165, 1.54) is 28.4 Å². The Morgan fingerprint density at radius 2 is 1.39 bits per heavy atom. The van der Waals surface area contributed by atoms with Crippen LogP contribution in [0.4, 0.5) is 5.69 Å². The number of benzene rings is 2. The Labute approximate surface area is 310 Å². The zero-order valence-electron chi connectivity index (χ0n) is 28.8. The smallest absolute Gasteiger partial charge is 0.345 e. The summed E-state index contributed by atoms with van der Waals surface area (Å²) in [6.07, 6.45) is 0. The molecule has 1 spiro atoms. The summed E-state index contributed by atoms with van der Waals surface area (Å²) in [5, 5.41) is 0.333. The first-order chi connectivity index (χ1) is 24.2. The number of oxazole rings is 1. The lowest BCUT2D eigenvalue weighted by molar-refractivity contribution is -0.138. The summed E-state index contributed by atoms with van der Waals surface area (Å²) in [6.45, 7) is 7.51. The van der Waals surface area contributed by atoms with Gasteiger partial charge in [0.2, 0.25) is 5.91 Å². The molecule has 3 aliphatic heterocycles. The second-order valence-corrected chi connectivity index (χ2v) is 16.6. The zero-order chi connectivity index (χ0) is 37.0. The number of amides is 1. The molecule has 4 heterocycles. The average molecular weight is 769 g/mol. The minimum absolute atomic E-state index is 0.0435. The molecule has 266 valence electrons. The summed E-state index contributed by atoms with van der Waals surface area (Å²) in [5.74, 6) is -3.71. The van der Waals surface area contributed by atoms with E-state index in [1.807, 2.05) is 58.0 Å². The van der Waals surface area contributed by atoms with Crippen LogP contribution < -0.4 is 4.90 Å². The number of esters is 4. The Hall–Kier alpha value is -4.12. The molecule has 3 aromatic rings. The first kappa shape index (κ1) is 36.7. The summed E-state index contributed by atoms with van der Waals surface area (Å²) in [4.78, 5) is 74.9. The van der Waals surface area contributed by atoms with E-state index in [9.17, 15) is 24.0 Å². The predicted molar refractivity (Wildman–Crippen MR) is 197 cm³/mol. The summed E-state index contributed by atoms with van der Waals surface area (Å²) in [7, 11) is 4.70. The fourth-order valence-corrected chi connectivity index (χ4v) is 11.9. The second-order valence-electron chi connectivity index (χ2n) is 11.9. The number of para-hydroxylation sites is 2. The Morgan fingerprint density at radius 1 is 0.824 bits per heavy atom. The summed E-state index contributed by atoms with van der Waals surface area (Å²) in [5.41, 5.74) is 3.33. The van der Waals surface area contributed by atoms with Gasteiger partial charge in [-0.15, -0.1) is 0 Å². The van der Waals surface area contributed by atoms with Gasteiger partial charge in [0.15, 0.2) is 5.58 Å². The third-order valence-corrected chi connectivity index (χ3v) is 14.1. The molecular weight excluding hydrogens is 737 g/mol. The van der Waals surface area contributed by atoms with Crippen LogP contribution in [0.3, 0.4) is 0 Å². The third kappa shape index (κ3) is 5.95. The number of carbonyl (C=O) groups is 5. The van der Waals surface area contributed by atoms with Crippen molar-refractivity contribution >= 4 is 99.2 Å². The van der Waals surface area contributed by atoms with Crippen LogP contribution in [0.5, 0.6) is 0 Å². The highest BCUT2D eigenvalue weighted by atomic mass is 32.2. The van der Waals surface area contributed by atoms with Crippen molar-refractivity contribution in [3.8, 4) is 0 Å². The van der Waals surface area contributed by atoms with Crippen LogP contribution in [0.25, 0.3) is 16.7 Å². The average Bonchev–Trinajstić information content (AvgIpc) is 3.72. The number of hydrogen-bond acceptors (Lipinski definition) is 15. The number of fused-ring (bicyclic) bond motifs is 4. The lowest BCUT2D eigenvalue weighted by atomic mass is 9.82. The first-order valence-corrected chi connectivity index (χ1v) is 18.7. The van der Waals surface area contributed by atoms with E-state index in [2.05, 4.69) is 4.98 Å². The van der Waals surface area contributed by atoms with Gasteiger partial charge >= 0.3 is 23.9 Å². The van der Waals surface area contributed by atoms with E-state index in [0.717, 1.165) is 58.2 Å². The van der Waals surface area contributed by atoms with Gasteiger partial charge in [-0.1, -0.05) is 59.2 Å². The van der Waals surface area contributed by atoms with E-state index < -0.39 is 33.5 Å². The summed E-state index contributed by atoms with van der Waals surface area (Å²) < 4.78 is 24.8. The number of nitrogens with zero attached hydrogens (tertiary/aromatic N) is 2. The van der Waals surface area contributed by atoms with Crippen LogP contribution in [-0.2, 0) is 42.9 Å². The highest BCUT2D eigenvalue weighted by molar-refractivity contribution is 8.26. The predicted octanol–water partition coefficient (Wildman–Crippen LogP) is 6.15. The van der Waals surface area contributed by atoms with Crippen molar-refractivity contribution in [3.05, 3.63) is 78.3 Å². The highest BCUT2D eigenvalue weighted by Crippen LogP contribution is 2.71. The molecule has 0 unspecified atom stereocenters. The normalized spacial score (nSPS) is 17.4. The molecule has 1 aromatic heterocycles. The minimum Gasteiger partial charge on any atom is -0.466 e. The molecule has 6 rings (SSSR count). The lowest BCUT2D eigenvalue weighted by Gasteiger charge is -2.51. The van der Waals surface area contributed by atoms with Crippen molar-refractivity contribution in [2.75, 3.05) is 39.1 Å². The Bertz CT molecular complexity index is 2090. The number of rotatable bonds is 7. The fourth-order valence-electron chi connectivity index (χ4n) is 6.12. The summed E-state index contributed by atoms with van der Waals surface area (Å²) in [6, 6.07) is 11.1. The van der Waals surface area contributed by atoms with Gasteiger partial charge in [-0.25, -0.2) is 24.2 Å². The Balaban J connectivity index is 1.58. The van der Waals surface area contributed by atoms with E-state index in [4.69, 9.17) is 23.4 Å². The van der Waals surface area contributed by atoms with Crippen molar-refractivity contribution in [1.82, 2.24) is 4.98 Å². The maximum Gasteiger partial charge on any atom is 0.345 e. The van der Waals surface area contributed by atoms with Gasteiger partial charge in [0.1, 0.15) is 24.3 Å². The SMILES string of the molecule is COC(=O)C1=C(C(=O)OC)SC2(S1)C(C(=O)OC)=C(C(=O)OC)SC1=C2c2cc(C)c(C)cc2N(C(=O)CSc2nc3ccccc3o2)C1(C)C. The van der Waals surface area contributed by atoms with Gasteiger partial charge in [0, 0.05) is 16.0 Å². The number of carbonyl (C=O) groups excluding carboxylic acids is 5. The van der Waals surface area contributed by atoms with E-state index >= 15 is 0 Å². The van der Waals surface area contributed by atoms with Crippen LogP contribution >= 0.6 is 47.0 Å². The molecule has 2 aromatic carbocycles. The fraction of sp³-hybridized carbons (Fsp3) is 0.314. The topological polar surface area (TPSA) is 152 Å². The van der Waals surface area contributed by atoms with Crippen LogP contribution in [0.1, 0.15) is 30.5 Å². The lowest BCUT2D eigenvalue weighted by Crippen LogP contribution is -2.54.